The van der Waals surface area contributed by atoms with Crippen molar-refractivity contribution in [3.8, 4) is 11.1 Å². The molecule has 1 unspecified atom stereocenters. The van der Waals surface area contributed by atoms with E-state index in [1.165, 1.54) is 0 Å². The van der Waals surface area contributed by atoms with E-state index in [-0.39, 0.29) is 54.8 Å². The number of carbonyl (C=O) groups excluding carboxylic acids is 3. The van der Waals surface area contributed by atoms with E-state index in [2.05, 4.69) is 5.32 Å². The highest BCUT2D eigenvalue weighted by Gasteiger charge is 2.35. The van der Waals surface area contributed by atoms with Gasteiger partial charge in [-0.05, 0) is 64.1 Å². The number of Topliss-reactive ketones (excluding diaryl/α,β-unsaturated/α-hetero) is 1. The summed E-state index contributed by atoms with van der Waals surface area (Å²) < 4.78 is 10.8. The number of nitrogens with one attached hydrogen (secondary N) is 1. The molecule has 50 heavy (non-hydrogen) atoms. The Hall–Kier alpha value is -5.25. The molecule has 262 valence electrons. The number of alkyl carbamates (subject to hydrolysis) is 1. The van der Waals surface area contributed by atoms with Crippen LogP contribution in [0.3, 0.4) is 0 Å². The van der Waals surface area contributed by atoms with Crippen LogP contribution in [0, 0.1) is 11.3 Å². The van der Waals surface area contributed by atoms with Crippen LogP contribution in [0.5, 0.6) is 0 Å². The molecular weight excluding hydrogens is 636 g/mol. The molecule has 3 aromatic rings. The second-order valence-electron chi connectivity index (χ2n) is 14.1. The van der Waals surface area contributed by atoms with Crippen molar-refractivity contribution in [3.63, 3.8) is 0 Å². The van der Waals surface area contributed by atoms with E-state index in [1.807, 2.05) is 76.2 Å². The molecule has 0 aromatic heterocycles. The van der Waals surface area contributed by atoms with Gasteiger partial charge in [0.2, 0.25) is 0 Å². The fourth-order valence-corrected chi connectivity index (χ4v) is 6.57. The standard InChI is InChI=1S/C40H44N2O8/c1-24(2)19-33(37-34(43)20-40(3,4)21-35(37)44)41-26-15-13-25(14-16-26)22-49-36(45)18-17-32(38(46)47)42-39(48)50-23-31-29-11-7-5-9-27(29)28-10-6-8-12-30(28)31/h5-16,24,31-32,43H,17-23H2,1-4H3,(H,42,48)(H,46,47). The number of ketones is 1. The van der Waals surface area contributed by atoms with E-state index in [9.17, 15) is 29.4 Å². The molecule has 10 nitrogen and oxygen atoms in total. The molecule has 3 N–H and O–H groups in total. The number of carbonyl (C=O) groups is 4. The van der Waals surface area contributed by atoms with Crippen LogP contribution in [0.15, 0.2) is 89.1 Å². The Balaban J connectivity index is 1.12. The number of carboxylic acid groups (broad SMARTS) is 1. The quantitative estimate of drug-likeness (QED) is 0.122. The maximum absolute atomic E-state index is 13.0. The average Bonchev–Trinajstić information content (AvgIpc) is 3.37. The van der Waals surface area contributed by atoms with Crippen molar-refractivity contribution in [2.24, 2.45) is 16.3 Å². The van der Waals surface area contributed by atoms with Crippen LogP contribution in [0.25, 0.3) is 11.1 Å². The molecule has 10 heteroatoms. The number of hydrogen-bond donors (Lipinski definition) is 3. The first-order chi connectivity index (χ1) is 23.8. The molecule has 0 aliphatic heterocycles. The maximum atomic E-state index is 13.0. The molecular formula is C40H44N2O8. The van der Waals surface area contributed by atoms with Crippen molar-refractivity contribution in [2.75, 3.05) is 6.61 Å². The number of ether oxygens (including phenoxy) is 2. The van der Waals surface area contributed by atoms with E-state index in [4.69, 9.17) is 14.5 Å². The summed E-state index contributed by atoms with van der Waals surface area (Å²) >= 11 is 0. The number of aliphatic carboxylic acids is 1. The summed E-state index contributed by atoms with van der Waals surface area (Å²) in [6, 6.07) is 21.5. The molecule has 0 spiro atoms. The van der Waals surface area contributed by atoms with Crippen molar-refractivity contribution in [3.05, 3.63) is 101 Å². The monoisotopic (exact) mass is 680 g/mol. The second kappa shape index (κ2) is 15.5. The minimum absolute atomic E-state index is 0.0359. The van der Waals surface area contributed by atoms with E-state index in [0.717, 1.165) is 22.3 Å². The Morgan fingerprint density at radius 1 is 0.920 bits per heavy atom. The lowest BCUT2D eigenvalue weighted by Crippen LogP contribution is -2.41. The lowest BCUT2D eigenvalue weighted by molar-refractivity contribution is -0.145. The number of aliphatic imine (C=N–C) groups is 1. The van der Waals surface area contributed by atoms with Gasteiger partial charge in [-0.15, -0.1) is 0 Å². The summed E-state index contributed by atoms with van der Waals surface area (Å²) in [4.78, 5) is 54.7. The predicted octanol–water partition coefficient (Wildman–Crippen LogP) is 7.82. The Kier molecular flexibility index (Phi) is 11.2. The van der Waals surface area contributed by atoms with Gasteiger partial charge in [-0.3, -0.25) is 14.6 Å². The van der Waals surface area contributed by atoms with Crippen molar-refractivity contribution >= 4 is 35.2 Å². The number of hydrogen-bond acceptors (Lipinski definition) is 8. The first kappa shape index (κ1) is 36.0. The molecule has 5 rings (SSSR count). The van der Waals surface area contributed by atoms with E-state index in [0.29, 0.717) is 41.8 Å². The molecule has 0 heterocycles. The molecule has 1 atom stereocenters. The number of rotatable bonds is 13. The number of nitrogens with zero attached hydrogens (tertiary/aromatic N) is 1. The third-order valence-electron chi connectivity index (χ3n) is 8.91. The lowest BCUT2D eigenvalue weighted by atomic mass is 9.75. The average molecular weight is 681 g/mol. The van der Waals surface area contributed by atoms with Crippen LogP contribution < -0.4 is 5.32 Å². The fourth-order valence-electron chi connectivity index (χ4n) is 6.57. The number of allylic oxidation sites excluding steroid dienone is 2. The summed E-state index contributed by atoms with van der Waals surface area (Å²) in [6.07, 6.45) is -0.0111. The van der Waals surface area contributed by atoms with Crippen LogP contribution in [-0.2, 0) is 30.5 Å². The highest BCUT2D eigenvalue weighted by atomic mass is 16.5. The highest BCUT2D eigenvalue weighted by molar-refractivity contribution is 6.23. The molecule has 0 radical (unpaired) electrons. The molecule has 3 aromatic carbocycles. The van der Waals surface area contributed by atoms with Gasteiger partial charge in [0, 0.05) is 25.2 Å². The summed E-state index contributed by atoms with van der Waals surface area (Å²) in [5.74, 6) is -1.90. The van der Waals surface area contributed by atoms with Crippen LogP contribution >= 0.6 is 0 Å². The Morgan fingerprint density at radius 3 is 2.12 bits per heavy atom. The predicted molar refractivity (Wildman–Crippen MR) is 189 cm³/mol. The maximum Gasteiger partial charge on any atom is 0.407 e. The number of carboxylic acids is 1. The number of aliphatic hydroxyl groups is 1. The van der Waals surface area contributed by atoms with Gasteiger partial charge in [-0.2, -0.15) is 0 Å². The van der Waals surface area contributed by atoms with Gasteiger partial charge in [0.1, 0.15) is 25.0 Å². The second-order valence-corrected chi connectivity index (χ2v) is 14.1. The van der Waals surface area contributed by atoms with Gasteiger partial charge < -0.3 is 25.0 Å². The third kappa shape index (κ3) is 8.85. The van der Waals surface area contributed by atoms with Gasteiger partial charge in [-0.25, -0.2) is 9.59 Å². The van der Waals surface area contributed by atoms with Crippen LogP contribution in [0.2, 0.25) is 0 Å². The van der Waals surface area contributed by atoms with Gasteiger partial charge in [0.05, 0.1) is 17.0 Å². The Morgan fingerprint density at radius 2 is 1.54 bits per heavy atom. The van der Waals surface area contributed by atoms with Gasteiger partial charge >= 0.3 is 18.0 Å². The van der Waals surface area contributed by atoms with E-state index < -0.39 is 24.1 Å². The zero-order valence-electron chi connectivity index (χ0n) is 28.9. The zero-order valence-corrected chi connectivity index (χ0v) is 28.9. The summed E-state index contributed by atoms with van der Waals surface area (Å²) in [5.41, 5.74) is 6.07. The first-order valence-corrected chi connectivity index (χ1v) is 16.9. The molecule has 0 saturated heterocycles. The molecule has 2 aliphatic rings. The molecule has 1 amide bonds. The SMILES string of the molecule is CC(C)CC(=Nc1ccc(COC(=O)CCC(NC(=O)OCC2c3ccccc3-c3ccccc32)C(=O)O)cc1)C1=C(O)CC(C)(C)CC1=O. The Labute approximate surface area is 292 Å². The molecule has 0 bridgehead atoms. The highest BCUT2D eigenvalue weighted by Crippen LogP contribution is 2.44. The van der Waals surface area contributed by atoms with Crippen LogP contribution in [0.4, 0.5) is 10.5 Å². The van der Waals surface area contributed by atoms with Crippen molar-refractivity contribution in [2.45, 2.75) is 78.4 Å². The summed E-state index contributed by atoms with van der Waals surface area (Å²) in [5, 5.41) is 22.8. The summed E-state index contributed by atoms with van der Waals surface area (Å²) in [7, 11) is 0. The number of esters is 1. The number of aliphatic hydroxyl groups excluding tert-OH is 1. The minimum atomic E-state index is -1.34. The molecule has 0 fully saturated rings. The van der Waals surface area contributed by atoms with Gasteiger partial charge in [0.15, 0.2) is 5.78 Å². The van der Waals surface area contributed by atoms with Gasteiger partial charge in [-0.1, -0.05) is 88.4 Å². The normalized spacial score (nSPS) is 16.1. The molecule has 0 saturated carbocycles. The minimum Gasteiger partial charge on any atom is -0.511 e. The number of benzene rings is 3. The number of amides is 1. The Bertz CT molecular complexity index is 1780. The summed E-state index contributed by atoms with van der Waals surface area (Å²) in [6.45, 7) is 7.96. The van der Waals surface area contributed by atoms with Crippen LogP contribution in [0.1, 0.15) is 82.4 Å². The first-order valence-electron chi connectivity index (χ1n) is 16.9. The van der Waals surface area contributed by atoms with Crippen molar-refractivity contribution < 1.29 is 38.9 Å². The largest absolute Gasteiger partial charge is 0.511 e. The van der Waals surface area contributed by atoms with Gasteiger partial charge in [0.25, 0.3) is 0 Å². The van der Waals surface area contributed by atoms with E-state index >= 15 is 0 Å². The van der Waals surface area contributed by atoms with E-state index in [1.54, 1.807) is 24.3 Å². The zero-order chi connectivity index (χ0) is 36.0. The topological polar surface area (TPSA) is 152 Å². The molecule has 2 aliphatic carbocycles. The number of fused-ring (bicyclic) bond motifs is 3. The van der Waals surface area contributed by atoms with Crippen LogP contribution in [-0.4, -0.2) is 52.4 Å². The smallest absolute Gasteiger partial charge is 0.407 e. The van der Waals surface area contributed by atoms with Crippen molar-refractivity contribution in [1.29, 1.82) is 0 Å². The fraction of sp³-hybridized carbons (Fsp3) is 0.375. The third-order valence-corrected chi connectivity index (χ3v) is 8.91. The lowest BCUT2D eigenvalue weighted by Gasteiger charge is -2.30. The van der Waals surface area contributed by atoms with Crippen molar-refractivity contribution in [1.82, 2.24) is 5.32 Å².